The summed E-state index contributed by atoms with van der Waals surface area (Å²) < 4.78 is 2.44. The maximum Gasteiger partial charge on any atom is 0.160 e. The molecule has 14 rings (SSSR count). The van der Waals surface area contributed by atoms with Gasteiger partial charge in [0, 0.05) is 33.2 Å². The summed E-state index contributed by atoms with van der Waals surface area (Å²) in [4.78, 5) is 11.1. The van der Waals surface area contributed by atoms with Gasteiger partial charge in [0.1, 0.15) is 0 Å². The second-order valence-electron chi connectivity index (χ2n) is 18.1. The minimum Gasteiger partial charge on any atom is -0.309 e. The number of hydrogen-bond acceptors (Lipinski definition) is 2. The van der Waals surface area contributed by atoms with E-state index in [0.29, 0.717) is 5.82 Å². The van der Waals surface area contributed by atoms with Gasteiger partial charge >= 0.3 is 0 Å². The maximum absolute atomic E-state index is 5.60. The molecule has 2 heterocycles. The van der Waals surface area contributed by atoms with Gasteiger partial charge in [0.25, 0.3) is 0 Å². The Balaban J connectivity index is 1.07. The van der Waals surface area contributed by atoms with Crippen molar-refractivity contribution in [3.8, 4) is 61.8 Å². The Morgan fingerprint density at radius 2 is 0.739 bits per heavy atom. The molecule has 0 unspecified atom stereocenters. The Bertz CT molecular complexity index is 4320. The first-order chi connectivity index (χ1) is 34.2. The molecule has 12 aromatic carbocycles. The average Bonchev–Trinajstić information content (AvgIpc) is 3.76. The standard InChI is InChI=1S/C66H41N3/c1-3-17-42(18-4-1)45-32-34-59-58-29-15-16-30-64(58)69(65(59)40-45)49-36-47(44-31-33-57-54-26-11-10-24-52(54)53-25-12-13-27-55(53)60(57)38-44)35-48(37-49)66-67-62(43-19-5-2-6-20-43)41-63(68-66)61-39-46-21-7-8-22-50(46)51-23-9-14-28-56(51)61/h1-41H. The second-order valence-corrected chi connectivity index (χ2v) is 18.1. The molecule has 0 N–H and O–H groups in total. The molecule has 3 nitrogen and oxygen atoms in total. The zero-order valence-electron chi connectivity index (χ0n) is 37.5. The van der Waals surface area contributed by atoms with Crippen LogP contribution in [0.1, 0.15) is 0 Å². The van der Waals surface area contributed by atoms with E-state index in [0.717, 1.165) is 61.3 Å². The molecule has 14 aromatic rings. The van der Waals surface area contributed by atoms with Gasteiger partial charge in [-0.1, -0.05) is 200 Å². The van der Waals surface area contributed by atoms with Crippen LogP contribution in [0.4, 0.5) is 0 Å². The fourth-order valence-electron chi connectivity index (χ4n) is 10.9. The lowest BCUT2D eigenvalue weighted by Gasteiger charge is -2.16. The van der Waals surface area contributed by atoms with E-state index >= 15 is 0 Å². The van der Waals surface area contributed by atoms with Crippen LogP contribution in [0, 0.1) is 0 Å². The molecule has 3 heteroatoms. The van der Waals surface area contributed by atoms with Crippen molar-refractivity contribution in [2.75, 3.05) is 0 Å². The van der Waals surface area contributed by atoms with Gasteiger partial charge in [-0.25, -0.2) is 9.97 Å². The zero-order chi connectivity index (χ0) is 45.4. The third-order valence-electron chi connectivity index (χ3n) is 14.1. The molecule has 0 saturated carbocycles. The summed E-state index contributed by atoms with van der Waals surface area (Å²) in [6, 6.07) is 90.2. The van der Waals surface area contributed by atoms with Crippen LogP contribution in [0.2, 0.25) is 0 Å². The van der Waals surface area contributed by atoms with Crippen LogP contribution in [0.15, 0.2) is 249 Å². The normalized spacial score (nSPS) is 11.8. The molecule has 0 aliphatic carbocycles. The average molecular weight is 876 g/mol. The quantitative estimate of drug-likeness (QED) is 0.156. The largest absolute Gasteiger partial charge is 0.309 e. The number of rotatable bonds is 6. The highest BCUT2D eigenvalue weighted by Gasteiger charge is 2.20. The van der Waals surface area contributed by atoms with Gasteiger partial charge in [-0.05, 0) is 125 Å². The van der Waals surface area contributed by atoms with Crippen molar-refractivity contribution in [3.63, 3.8) is 0 Å². The van der Waals surface area contributed by atoms with Crippen LogP contribution in [-0.4, -0.2) is 14.5 Å². The molecular formula is C66H41N3. The SMILES string of the molecule is c1ccc(-c2ccc3c4ccccc4n(-c4cc(-c5ccc6c7ccccc7c7ccccc7c6c5)cc(-c5nc(-c6ccccc6)cc(-c6cc7ccccc7c7ccccc67)n5)c4)c3c2)cc1. The Morgan fingerprint density at radius 3 is 1.45 bits per heavy atom. The third kappa shape index (κ3) is 6.43. The molecule has 0 fully saturated rings. The van der Waals surface area contributed by atoms with E-state index in [2.05, 4.69) is 253 Å². The summed E-state index contributed by atoms with van der Waals surface area (Å²) in [5.41, 5.74) is 12.7. The van der Waals surface area contributed by atoms with Gasteiger partial charge in [0.05, 0.1) is 22.4 Å². The predicted molar refractivity (Wildman–Crippen MR) is 291 cm³/mol. The van der Waals surface area contributed by atoms with E-state index in [4.69, 9.17) is 9.97 Å². The number of benzene rings is 12. The third-order valence-corrected chi connectivity index (χ3v) is 14.1. The summed E-state index contributed by atoms with van der Waals surface area (Å²) in [5, 5.41) is 14.7. The highest BCUT2D eigenvalue weighted by molar-refractivity contribution is 6.26. The molecule has 0 spiro atoms. The number of hydrogen-bond donors (Lipinski definition) is 0. The van der Waals surface area contributed by atoms with Crippen molar-refractivity contribution in [1.29, 1.82) is 0 Å². The van der Waals surface area contributed by atoms with Gasteiger partial charge in [-0.3, -0.25) is 0 Å². The molecule has 0 atom stereocenters. The van der Waals surface area contributed by atoms with Crippen molar-refractivity contribution in [1.82, 2.24) is 14.5 Å². The highest BCUT2D eigenvalue weighted by Crippen LogP contribution is 2.42. The van der Waals surface area contributed by atoms with Crippen LogP contribution in [0.3, 0.4) is 0 Å². The van der Waals surface area contributed by atoms with Gasteiger partial charge in [-0.15, -0.1) is 0 Å². The number of fused-ring (bicyclic) bond motifs is 12. The predicted octanol–water partition coefficient (Wildman–Crippen LogP) is 17.7. The number of aromatic nitrogens is 3. The van der Waals surface area contributed by atoms with Gasteiger partial charge < -0.3 is 4.57 Å². The first-order valence-electron chi connectivity index (χ1n) is 23.6. The summed E-state index contributed by atoms with van der Waals surface area (Å²) in [6.07, 6.45) is 0. The van der Waals surface area contributed by atoms with Gasteiger partial charge in [-0.2, -0.15) is 0 Å². The lowest BCUT2D eigenvalue weighted by Crippen LogP contribution is -2.00. The van der Waals surface area contributed by atoms with Gasteiger partial charge in [0.15, 0.2) is 5.82 Å². The van der Waals surface area contributed by atoms with E-state index in [1.165, 1.54) is 70.4 Å². The summed E-state index contributed by atoms with van der Waals surface area (Å²) in [5.74, 6) is 0.662. The first-order valence-corrected chi connectivity index (χ1v) is 23.6. The van der Waals surface area contributed by atoms with E-state index in [9.17, 15) is 0 Å². The lowest BCUT2D eigenvalue weighted by atomic mass is 9.91. The Labute approximate surface area is 398 Å². The van der Waals surface area contributed by atoms with Crippen LogP contribution < -0.4 is 0 Å². The Morgan fingerprint density at radius 1 is 0.246 bits per heavy atom. The Kier molecular flexibility index (Phi) is 8.90. The zero-order valence-corrected chi connectivity index (χ0v) is 37.5. The van der Waals surface area contributed by atoms with Crippen LogP contribution in [0.5, 0.6) is 0 Å². The molecule has 0 aliphatic heterocycles. The summed E-state index contributed by atoms with van der Waals surface area (Å²) in [7, 11) is 0. The fraction of sp³-hybridized carbons (Fsp3) is 0. The van der Waals surface area contributed by atoms with E-state index < -0.39 is 0 Å². The smallest absolute Gasteiger partial charge is 0.160 e. The van der Waals surface area contributed by atoms with Crippen LogP contribution >= 0.6 is 0 Å². The molecule has 0 radical (unpaired) electrons. The summed E-state index contributed by atoms with van der Waals surface area (Å²) >= 11 is 0. The fourth-order valence-corrected chi connectivity index (χ4v) is 10.9. The highest BCUT2D eigenvalue weighted by atomic mass is 15.0. The van der Waals surface area contributed by atoms with E-state index in [1.54, 1.807) is 0 Å². The monoisotopic (exact) mass is 875 g/mol. The second kappa shape index (κ2) is 15.7. The van der Waals surface area contributed by atoms with E-state index in [1.807, 2.05) is 0 Å². The molecular weight excluding hydrogens is 835 g/mol. The first kappa shape index (κ1) is 39.0. The number of para-hydroxylation sites is 1. The minimum atomic E-state index is 0.662. The summed E-state index contributed by atoms with van der Waals surface area (Å²) in [6.45, 7) is 0. The van der Waals surface area contributed by atoms with Gasteiger partial charge in [0.2, 0.25) is 0 Å². The van der Waals surface area contributed by atoms with Crippen molar-refractivity contribution in [2.45, 2.75) is 0 Å². The molecule has 0 aliphatic rings. The molecule has 0 bridgehead atoms. The molecule has 0 saturated heterocycles. The molecule has 2 aromatic heterocycles. The van der Waals surface area contributed by atoms with Crippen LogP contribution in [0.25, 0.3) is 138 Å². The maximum atomic E-state index is 5.60. The van der Waals surface area contributed by atoms with Crippen molar-refractivity contribution < 1.29 is 0 Å². The minimum absolute atomic E-state index is 0.662. The van der Waals surface area contributed by atoms with E-state index in [-0.39, 0.29) is 0 Å². The van der Waals surface area contributed by atoms with Crippen molar-refractivity contribution in [2.24, 2.45) is 0 Å². The molecule has 0 amide bonds. The molecule has 69 heavy (non-hydrogen) atoms. The topological polar surface area (TPSA) is 30.7 Å². The molecule has 320 valence electrons. The van der Waals surface area contributed by atoms with Crippen LogP contribution in [-0.2, 0) is 0 Å². The van der Waals surface area contributed by atoms with Crippen molar-refractivity contribution in [3.05, 3.63) is 249 Å². The number of nitrogens with zero attached hydrogens (tertiary/aromatic N) is 3. The lowest BCUT2D eigenvalue weighted by molar-refractivity contribution is 1.16. The van der Waals surface area contributed by atoms with Crippen molar-refractivity contribution >= 4 is 75.7 Å². The Hall–Kier alpha value is -9.18.